The largest absolute Gasteiger partial charge is 0.481 e. The molecule has 0 saturated carbocycles. The third kappa shape index (κ3) is 5.38. The molecule has 0 aliphatic heterocycles. The molecule has 5 heteroatoms. The first-order chi connectivity index (χ1) is 8.31. The number of amides is 2. The first kappa shape index (κ1) is 16.7. The Morgan fingerprint density at radius 3 is 2.17 bits per heavy atom. The Labute approximate surface area is 110 Å². The van der Waals surface area contributed by atoms with Crippen LogP contribution >= 0.6 is 0 Å². The van der Waals surface area contributed by atoms with Crippen LogP contribution in [0, 0.1) is 0 Å². The van der Waals surface area contributed by atoms with E-state index in [4.69, 9.17) is 5.11 Å². The lowest BCUT2D eigenvalue weighted by Crippen LogP contribution is -2.48. The number of carbonyl (C=O) groups excluding carboxylic acids is 1. The topological polar surface area (TPSA) is 60.9 Å². The highest BCUT2D eigenvalue weighted by molar-refractivity contribution is 5.75. The first-order valence-corrected chi connectivity index (χ1v) is 6.56. The van der Waals surface area contributed by atoms with Crippen molar-refractivity contribution >= 4 is 12.0 Å². The predicted octanol–water partition coefficient (Wildman–Crippen LogP) is 2.41. The molecule has 0 aliphatic carbocycles. The van der Waals surface area contributed by atoms with Gasteiger partial charge in [0.15, 0.2) is 0 Å². The number of carboxylic acid groups (broad SMARTS) is 1. The van der Waals surface area contributed by atoms with Crippen molar-refractivity contribution < 1.29 is 14.7 Å². The number of aliphatic carboxylic acids is 1. The maximum atomic E-state index is 12.3. The molecule has 1 atom stereocenters. The Bertz CT molecular complexity index is 279. The number of urea groups is 1. The number of carbonyl (C=O) groups is 2. The molecule has 0 spiro atoms. The molecule has 106 valence electrons. The molecule has 0 radical (unpaired) electrons. The predicted molar refractivity (Wildman–Crippen MR) is 71.6 cm³/mol. The number of hydrogen-bond donors (Lipinski definition) is 1. The molecule has 2 amide bonds. The van der Waals surface area contributed by atoms with Gasteiger partial charge in [-0.25, -0.2) is 4.79 Å². The summed E-state index contributed by atoms with van der Waals surface area (Å²) < 4.78 is 0. The Balaban J connectivity index is 4.59. The number of hydrogen-bond acceptors (Lipinski definition) is 2. The average Bonchev–Trinajstić information content (AvgIpc) is 2.27. The highest BCUT2D eigenvalue weighted by Crippen LogP contribution is 2.10. The molecule has 0 heterocycles. The molecule has 0 rings (SSSR count). The Morgan fingerprint density at radius 2 is 1.78 bits per heavy atom. The van der Waals surface area contributed by atoms with Crippen LogP contribution < -0.4 is 0 Å². The van der Waals surface area contributed by atoms with Crippen LogP contribution in [0.2, 0.25) is 0 Å². The van der Waals surface area contributed by atoms with Crippen LogP contribution in [0.4, 0.5) is 4.79 Å². The lowest BCUT2D eigenvalue weighted by atomic mass is 10.2. The molecule has 0 aromatic heterocycles. The molecule has 1 N–H and O–H groups in total. The molecule has 18 heavy (non-hydrogen) atoms. The molecule has 0 aromatic rings. The summed E-state index contributed by atoms with van der Waals surface area (Å²) in [4.78, 5) is 26.2. The standard InChI is InChI=1S/C13H26N2O3/c1-6-7-11(4)14(5)13(18)15(10(2)3)9-8-12(16)17/h10-11H,6-9H2,1-5H3,(H,16,17). The van der Waals surface area contributed by atoms with Crippen LogP contribution in [0.5, 0.6) is 0 Å². The first-order valence-electron chi connectivity index (χ1n) is 6.56. The number of carboxylic acids is 1. The zero-order valence-electron chi connectivity index (χ0n) is 12.1. The fraction of sp³-hybridized carbons (Fsp3) is 0.846. The molecular weight excluding hydrogens is 232 g/mol. The monoisotopic (exact) mass is 258 g/mol. The summed E-state index contributed by atoms with van der Waals surface area (Å²) in [7, 11) is 1.78. The van der Waals surface area contributed by atoms with Crippen molar-refractivity contribution in [3.05, 3.63) is 0 Å². The minimum Gasteiger partial charge on any atom is -0.481 e. The molecule has 0 bridgehead atoms. The van der Waals surface area contributed by atoms with E-state index in [1.165, 1.54) is 0 Å². The average molecular weight is 258 g/mol. The van der Waals surface area contributed by atoms with E-state index in [-0.39, 0.29) is 31.1 Å². The second-order valence-electron chi connectivity index (χ2n) is 4.96. The van der Waals surface area contributed by atoms with Crippen molar-refractivity contribution in [3.63, 3.8) is 0 Å². The van der Waals surface area contributed by atoms with E-state index in [1.807, 2.05) is 20.8 Å². The highest BCUT2D eigenvalue weighted by Gasteiger charge is 2.23. The molecule has 0 aromatic carbocycles. The van der Waals surface area contributed by atoms with Gasteiger partial charge >= 0.3 is 12.0 Å². The van der Waals surface area contributed by atoms with Crippen LogP contribution in [0.25, 0.3) is 0 Å². The minimum absolute atomic E-state index is 0.00752. The molecule has 5 nitrogen and oxygen atoms in total. The highest BCUT2D eigenvalue weighted by atomic mass is 16.4. The van der Waals surface area contributed by atoms with Crippen molar-refractivity contribution in [1.29, 1.82) is 0 Å². The number of rotatable bonds is 7. The lowest BCUT2D eigenvalue weighted by molar-refractivity contribution is -0.137. The SMILES string of the molecule is CCCC(C)N(C)C(=O)N(CCC(=O)O)C(C)C. The van der Waals surface area contributed by atoms with Gasteiger partial charge in [0.05, 0.1) is 6.42 Å². The van der Waals surface area contributed by atoms with Crippen LogP contribution in [-0.2, 0) is 4.79 Å². The zero-order valence-corrected chi connectivity index (χ0v) is 12.1. The maximum absolute atomic E-state index is 12.3. The van der Waals surface area contributed by atoms with E-state index in [1.54, 1.807) is 16.8 Å². The van der Waals surface area contributed by atoms with Crippen LogP contribution in [0.15, 0.2) is 0 Å². The summed E-state index contributed by atoms with van der Waals surface area (Å²) in [5.74, 6) is -0.877. The minimum atomic E-state index is -0.877. The molecule has 0 saturated heterocycles. The van der Waals surface area contributed by atoms with Crippen molar-refractivity contribution in [2.75, 3.05) is 13.6 Å². The van der Waals surface area contributed by atoms with Gasteiger partial charge in [-0.2, -0.15) is 0 Å². The van der Waals surface area contributed by atoms with E-state index in [9.17, 15) is 9.59 Å². The molecular formula is C13H26N2O3. The summed E-state index contributed by atoms with van der Waals surface area (Å²) in [6.07, 6.45) is 1.96. The van der Waals surface area contributed by atoms with Crippen molar-refractivity contribution in [3.8, 4) is 0 Å². The Morgan fingerprint density at radius 1 is 1.22 bits per heavy atom. The lowest BCUT2D eigenvalue weighted by Gasteiger charge is -2.34. The van der Waals surface area contributed by atoms with E-state index >= 15 is 0 Å². The van der Waals surface area contributed by atoms with Gasteiger partial charge in [-0.3, -0.25) is 4.79 Å². The number of nitrogens with zero attached hydrogens (tertiary/aromatic N) is 2. The normalized spacial score (nSPS) is 12.3. The third-order valence-electron chi connectivity index (χ3n) is 3.10. The Hall–Kier alpha value is -1.26. The zero-order chi connectivity index (χ0) is 14.3. The second kappa shape index (κ2) is 7.95. The molecule has 0 fully saturated rings. The van der Waals surface area contributed by atoms with E-state index in [0.717, 1.165) is 12.8 Å². The van der Waals surface area contributed by atoms with Crippen molar-refractivity contribution in [2.24, 2.45) is 0 Å². The summed E-state index contributed by atoms with van der Waals surface area (Å²) in [6, 6.07) is 0.0916. The van der Waals surface area contributed by atoms with Crippen molar-refractivity contribution in [2.45, 2.75) is 59.0 Å². The van der Waals surface area contributed by atoms with Gasteiger partial charge < -0.3 is 14.9 Å². The fourth-order valence-electron chi connectivity index (χ4n) is 1.79. The summed E-state index contributed by atoms with van der Waals surface area (Å²) >= 11 is 0. The van der Waals surface area contributed by atoms with Gasteiger partial charge in [-0.15, -0.1) is 0 Å². The summed E-state index contributed by atoms with van der Waals surface area (Å²) in [5.41, 5.74) is 0. The third-order valence-corrected chi connectivity index (χ3v) is 3.10. The maximum Gasteiger partial charge on any atom is 0.320 e. The smallest absolute Gasteiger partial charge is 0.320 e. The van der Waals surface area contributed by atoms with Gasteiger partial charge in [0.1, 0.15) is 0 Å². The van der Waals surface area contributed by atoms with Gasteiger partial charge in [0.25, 0.3) is 0 Å². The van der Waals surface area contributed by atoms with Gasteiger partial charge in [-0.05, 0) is 27.2 Å². The van der Waals surface area contributed by atoms with Gasteiger partial charge in [0, 0.05) is 25.7 Å². The van der Waals surface area contributed by atoms with E-state index < -0.39 is 5.97 Å². The van der Waals surface area contributed by atoms with Crippen LogP contribution in [-0.4, -0.2) is 52.6 Å². The van der Waals surface area contributed by atoms with E-state index in [2.05, 4.69) is 6.92 Å². The van der Waals surface area contributed by atoms with Gasteiger partial charge in [-0.1, -0.05) is 13.3 Å². The second-order valence-corrected chi connectivity index (χ2v) is 4.96. The fourth-order valence-corrected chi connectivity index (χ4v) is 1.79. The van der Waals surface area contributed by atoms with Crippen molar-refractivity contribution in [1.82, 2.24) is 9.80 Å². The molecule has 0 aliphatic rings. The van der Waals surface area contributed by atoms with E-state index in [0.29, 0.717) is 0 Å². The van der Waals surface area contributed by atoms with Gasteiger partial charge in [0.2, 0.25) is 0 Å². The van der Waals surface area contributed by atoms with Crippen LogP contribution in [0.1, 0.15) is 47.0 Å². The quantitative estimate of drug-likeness (QED) is 0.762. The van der Waals surface area contributed by atoms with Crippen LogP contribution in [0.3, 0.4) is 0 Å². The summed E-state index contributed by atoms with van der Waals surface area (Å²) in [5, 5.41) is 8.71. The molecule has 1 unspecified atom stereocenters. The summed E-state index contributed by atoms with van der Waals surface area (Å²) in [6.45, 7) is 8.15. The Kier molecular flexibility index (Phi) is 7.39.